The molecular weight excluding hydrogens is 480 g/mol. The maximum atomic E-state index is 12.3. The van der Waals surface area contributed by atoms with Gasteiger partial charge in [0.15, 0.2) is 5.78 Å². The average molecular weight is 509 g/mol. The Balaban J connectivity index is 1.20. The van der Waals surface area contributed by atoms with E-state index in [-0.39, 0.29) is 36.3 Å². The van der Waals surface area contributed by atoms with Crippen molar-refractivity contribution in [2.75, 3.05) is 13.1 Å². The Bertz CT molecular complexity index is 1190. The number of hydrogen-bond donors (Lipinski definition) is 3. The highest BCUT2D eigenvalue weighted by molar-refractivity contribution is 6.30. The van der Waals surface area contributed by atoms with Crippen molar-refractivity contribution in [3.05, 3.63) is 94.5 Å². The molecule has 0 saturated carbocycles. The fourth-order valence-electron chi connectivity index (χ4n) is 3.85. The number of benzene rings is 3. The summed E-state index contributed by atoms with van der Waals surface area (Å²) in [5.41, 5.74) is 1.57. The Morgan fingerprint density at radius 2 is 1.61 bits per heavy atom. The summed E-state index contributed by atoms with van der Waals surface area (Å²) >= 11 is 5.86. The maximum absolute atomic E-state index is 12.3. The number of hydrogen-bond acceptors (Lipinski definition) is 6. The van der Waals surface area contributed by atoms with Crippen molar-refractivity contribution in [2.24, 2.45) is 0 Å². The number of carbonyl (C=O) groups excluding carboxylic acids is 2. The number of aromatic hydroxyl groups is 1. The van der Waals surface area contributed by atoms with Gasteiger partial charge in [0.1, 0.15) is 29.4 Å². The fraction of sp³-hybridized carbons (Fsp3) is 0.286. The van der Waals surface area contributed by atoms with Crippen molar-refractivity contribution in [2.45, 2.75) is 38.2 Å². The number of nitrogens with one attached hydrogen (secondary N) is 2. The van der Waals surface area contributed by atoms with Crippen molar-refractivity contribution in [3.63, 3.8) is 0 Å². The van der Waals surface area contributed by atoms with Crippen LogP contribution in [-0.2, 0) is 11.2 Å². The number of epoxide rings is 1. The highest BCUT2D eigenvalue weighted by Crippen LogP contribution is 2.34. The molecule has 0 radical (unpaired) electrons. The quantitative estimate of drug-likeness (QED) is 0.263. The summed E-state index contributed by atoms with van der Waals surface area (Å²) in [7, 11) is 0. The molecule has 3 aromatic carbocycles. The highest BCUT2D eigenvalue weighted by atomic mass is 35.5. The standard InChI is InChI=1S/C28H29ClN2O5/c1-28(2,25-27(35-25)31-17-24(33)19-7-11-22(32)12-8-19)36-23-13-3-18(4-14-23)15-16-30-26(34)20-5-9-21(29)10-6-20/h3-14,25,27,31-32H,15-17H2,1-2H3,(H,30,34). The lowest BCUT2D eigenvalue weighted by Crippen LogP contribution is -2.39. The van der Waals surface area contributed by atoms with Gasteiger partial charge in [-0.15, -0.1) is 0 Å². The van der Waals surface area contributed by atoms with Gasteiger partial charge in [-0.2, -0.15) is 0 Å². The number of Topliss-reactive ketones (excluding diaryl/α,β-unsaturated/α-hetero) is 1. The monoisotopic (exact) mass is 508 g/mol. The van der Waals surface area contributed by atoms with Crippen molar-refractivity contribution in [3.8, 4) is 11.5 Å². The molecule has 0 aromatic heterocycles. The van der Waals surface area contributed by atoms with E-state index in [9.17, 15) is 14.7 Å². The van der Waals surface area contributed by atoms with E-state index < -0.39 is 5.60 Å². The van der Waals surface area contributed by atoms with E-state index >= 15 is 0 Å². The van der Waals surface area contributed by atoms with E-state index in [1.807, 2.05) is 38.1 Å². The molecule has 1 aliphatic heterocycles. The number of ketones is 1. The molecule has 2 unspecified atom stereocenters. The first kappa shape index (κ1) is 25.7. The van der Waals surface area contributed by atoms with Gasteiger partial charge in [0, 0.05) is 22.7 Å². The molecule has 1 heterocycles. The minimum absolute atomic E-state index is 0.0806. The topological polar surface area (TPSA) is 100 Å². The van der Waals surface area contributed by atoms with Crippen molar-refractivity contribution in [1.29, 1.82) is 0 Å². The summed E-state index contributed by atoms with van der Waals surface area (Å²) in [5, 5.41) is 16.0. The van der Waals surface area contributed by atoms with Gasteiger partial charge in [0.2, 0.25) is 0 Å². The van der Waals surface area contributed by atoms with Crippen LogP contribution in [0, 0.1) is 0 Å². The fourth-order valence-corrected chi connectivity index (χ4v) is 3.97. The Morgan fingerprint density at radius 3 is 2.28 bits per heavy atom. The summed E-state index contributed by atoms with van der Waals surface area (Å²) in [6.45, 7) is 4.53. The number of phenols is 1. The number of amides is 1. The molecule has 1 saturated heterocycles. The minimum atomic E-state index is -0.604. The number of carbonyl (C=O) groups is 2. The largest absolute Gasteiger partial charge is 0.508 e. The van der Waals surface area contributed by atoms with E-state index in [4.69, 9.17) is 21.1 Å². The number of ether oxygens (including phenoxy) is 2. The molecule has 3 aromatic rings. The van der Waals surface area contributed by atoms with Gasteiger partial charge in [-0.1, -0.05) is 23.7 Å². The summed E-state index contributed by atoms with van der Waals surface area (Å²) in [6.07, 6.45) is 0.216. The number of rotatable bonds is 11. The first-order valence-corrected chi connectivity index (χ1v) is 12.1. The van der Waals surface area contributed by atoms with Crippen molar-refractivity contribution in [1.82, 2.24) is 10.6 Å². The van der Waals surface area contributed by atoms with E-state index in [0.29, 0.717) is 34.9 Å². The van der Waals surface area contributed by atoms with Crippen LogP contribution in [0.25, 0.3) is 0 Å². The zero-order chi connectivity index (χ0) is 25.7. The SMILES string of the molecule is CC(C)(Oc1ccc(CCNC(=O)c2ccc(Cl)cc2)cc1)C1OC1NCC(=O)c1ccc(O)cc1. The van der Waals surface area contributed by atoms with Crippen LogP contribution >= 0.6 is 11.6 Å². The van der Waals surface area contributed by atoms with E-state index in [2.05, 4.69) is 10.6 Å². The van der Waals surface area contributed by atoms with E-state index in [1.165, 1.54) is 12.1 Å². The third-order valence-corrected chi connectivity index (χ3v) is 6.19. The Hall–Kier alpha value is -3.39. The van der Waals surface area contributed by atoms with Crippen molar-refractivity contribution >= 4 is 23.3 Å². The summed E-state index contributed by atoms with van der Waals surface area (Å²) < 4.78 is 11.9. The van der Waals surface area contributed by atoms with Crippen LogP contribution in [0.5, 0.6) is 11.5 Å². The summed E-state index contributed by atoms with van der Waals surface area (Å²) in [6, 6.07) is 20.7. The van der Waals surface area contributed by atoms with Gasteiger partial charge in [0.25, 0.3) is 5.91 Å². The summed E-state index contributed by atoms with van der Waals surface area (Å²) in [5.74, 6) is 0.620. The molecule has 4 rings (SSSR count). The van der Waals surface area contributed by atoms with Gasteiger partial charge in [0.05, 0.1) is 6.54 Å². The van der Waals surface area contributed by atoms with E-state index in [0.717, 1.165) is 5.56 Å². The van der Waals surface area contributed by atoms with Crippen LogP contribution in [0.4, 0.5) is 0 Å². The molecule has 2 atom stereocenters. The minimum Gasteiger partial charge on any atom is -0.508 e. The predicted molar refractivity (Wildman–Crippen MR) is 138 cm³/mol. The zero-order valence-corrected chi connectivity index (χ0v) is 20.9. The van der Waals surface area contributed by atoms with Crippen LogP contribution < -0.4 is 15.4 Å². The van der Waals surface area contributed by atoms with Gasteiger partial charge < -0.3 is 19.9 Å². The maximum Gasteiger partial charge on any atom is 0.251 e. The molecule has 8 heteroatoms. The zero-order valence-electron chi connectivity index (χ0n) is 20.2. The lowest BCUT2D eigenvalue weighted by molar-refractivity contribution is 0.0744. The average Bonchev–Trinajstić information content (AvgIpc) is 3.65. The number of halogens is 1. The third-order valence-electron chi connectivity index (χ3n) is 5.94. The Labute approximate surface area is 215 Å². The molecule has 7 nitrogen and oxygen atoms in total. The molecule has 0 bridgehead atoms. The molecule has 1 amide bonds. The molecule has 1 fully saturated rings. The van der Waals surface area contributed by atoms with Crippen LogP contribution in [0.1, 0.15) is 40.1 Å². The first-order valence-electron chi connectivity index (χ1n) is 11.7. The second kappa shape index (κ2) is 11.1. The normalized spacial score (nSPS) is 16.9. The Morgan fingerprint density at radius 1 is 0.972 bits per heavy atom. The van der Waals surface area contributed by atoms with Crippen LogP contribution in [0.3, 0.4) is 0 Å². The highest BCUT2D eigenvalue weighted by Gasteiger charge is 2.51. The molecule has 1 aliphatic rings. The number of phenolic OH excluding ortho intramolecular Hbond substituents is 1. The lowest BCUT2D eigenvalue weighted by atomic mass is 10.0. The first-order chi connectivity index (χ1) is 17.2. The van der Waals surface area contributed by atoms with Crippen LogP contribution in [-0.4, -0.2) is 47.8 Å². The van der Waals surface area contributed by atoms with Crippen LogP contribution in [0.15, 0.2) is 72.8 Å². The van der Waals surface area contributed by atoms with Gasteiger partial charge in [-0.25, -0.2) is 0 Å². The predicted octanol–water partition coefficient (Wildman–Crippen LogP) is 4.37. The van der Waals surface area contributed by atoms with Crippen molar-refractivity contribution < 1.29 is 24.2 Å². The van der Waals surface area contributed by atoms with Crippen LogP contribution in [0.2, 0.25) is 5.02 Å². The second-order valence-corrected chi connectivity index (χ2v) is 9.63. The Kier molecular flexibility index (Phi) is 7.94. The molecule has 188 valence electrons. The second-order valence-electron chi connectivity index (χ2n) is 9.19. The molecule has 0 spiro atoms. The molecule has 0 aliphatic carbocycles. The van der Waals surface area contributed by atoms with Gasteiger partial charge in [-0.3, -0.25) is 14.9 Å². The van der Waals surface area contributed by atoms with E-state index in [1.54, 1.807) is 36.4 Å². The third kappa shape index (κ3) is 6.85. The van der Waals surface area contributed by atoms with Gasteiger partial charge >= 0.3 is 0 Å². The smallest absolute Gasteiger partial charge is 0.251 e. The van der Waals surface area contributed by atoms with Gasteiger partial charge in [-0.05, 0) is 86.5 Å². The molecular formula is C28H29ClN2O5. The molecule has 3 N–H and O–H groups in total. The molecule has 36 heavy (non-hydrogen) atoms. The lowest BCUT2D eigenvalue weighted by Gasteiger charge is -2.25. The summed E-state index contributed by atoms with van der Waals surface area (Å²) in [4.78, 5) is 24.5.